The van der Waals surface area contributed by atoms with E-state index in [-0.39, 0.29) is 30.2 Å². The predicted molar refractivity (Wildman–Crippen MR) is 123 cm³/mol. The van der Waals surface area contributed by atoms with Crippen molar-refractivity contribution in [3.8, 4) is 0 Å². The molecule has 2 nitrogen and oxygen atoms in total. The monoisotopic (exact) mass is 455 g/mol. The largest absolute Gasteiger partial charge is 0.147 e. The number of hydrogen-bond acceptors (Lipinski definition) is 2. The number of halogens is 2. The molecule has 0 radical (unpaired) electrons. The molecule has 1 aliphatic carbocycles. The van der Waals surface area contributed by atoms with Crippen LogP contribution in [0.3, 0.4) is 0 Å². The standard InChI is InChI=1S/C18H18N.C5H11O.2ClH.Ti/c1-19(2)13-17-8-5-9-18(17)16-11-10-14-6-3-4-7-15(14)12-16;1-5(2,3)4-6;;;/h3-8,10-11H,9,13H2,1-2H3;4H2,1-3H3;2*1H;/q;-1;;;+1. The minimum atomic E-state index is -0.655. The van der Waals surface area contributed by atoms with Crippen LogP contribution in [0.2, 0.25) is 0 Å². The van der Waals surface area contributed by atoms with Crippen molar-refractivity contribution < 1.29 is 22.9 Å². The number of hydrogen-bond donors (Lipinski definition) is 0. The van der Waals surface area contributed by atoms with E-state index in [1.165, 1.54) is 31.4 Å². The van der Waals surface area contributed by atoms with Crippen LogP contribution in [0, 0.1) is 5.41 Å². The summed E-state index contributed by atoms with van der Waals surface area (Å²) in [7, 11) is 4.27. The Kier molecular flexibility index (Phi) is 9.96. The van der Waals surface area contributed by atoms with E-state index >= 15 is 0 Å². The molecule has 0 atom stereocenters. The van der Waals surface area contributed by atoms with Crippen molar-refractivity contribution in [2.75, 3.05) is 27.2 Å². The number of benzene rings is 2. The molecule has 0 heterocycles. The number of fused-ring (bicyclic) bond motifs is 1. The quantitative estimate of drug-likeness (QED) is 0.522. The molecule has 1 aliphatic rings. The number of allylic oxidation sites excluding steroid dienone is 2. The van der Waals surface area contributed by atoms with E-state index in [1.807, 2.05) is 0 Å². The summed E-state index contributed by atoms with van der Waals surface area (Å²) in [4.78, 5) is 2.25. The molecule has 28 heavy (non-hydrogen) atoms. The van der Waals surface area contributed by atoms with Gasteiger partial charge in [-0.3, -0.25) is 0 Å². The summed E-state index contributed by atoms with van der Waals surface area (Å²) in [6, 6.07) is 13.3. The Bertz CT molecular complexity index is 853. The molecule has 0 bridgehead atoms. The van der Waals surface area contributed by atoms with Crippen molar-refractivity contribution >= 4 is 45.0 Å². The van der Waals surface area contributed by atoms with E-state index in [0.29, 0.717) is 0 Å². The molecule has 3 rings (SSSR count). The molecule has 0 spiro atoms. The minimum absolute atomic E-state index is 0. The average Bonchev–Trinajstić information content (AvgIpc) is 3.01. The Morgan fingerprint density at radius 2 is 1.75 bits per heavy atom. The van der Waals surface area contributed by atoms with Gasteiger partial charge in [-0.1, -0.05) is 0 Å². The van der Waals surface area contributed by atoms with E-state index in [0.717, 1.165) is 19.6 Å². The Morgan fingerprint density at radius 3 is 2.43 bits per heavy atom. The Balaban J connectivity index is 0.00000196. The SMILES string of the molecule is CN(C)CC1=C(c2ccc3ccccc3[c]2[Ti][O]CC(C)(C)C)CC=C1.Cl.Cl. The van der Waals surface area contributed by atoms with Crippen molar-refractivity contribution in [1.82, 2.24) is 4.90 Å². The Morgan fingerprint density at radius 1 is 1.04 bits per heavy atom. The number of rotatable bonds is 6. The summed E-state index contributed by atoms with van der Waals surface area (Å²) < 4.78 is 7.73. The first-order valence-corrected chi connectivity index (χ1v) is 10.7. The maximum Gasteiger partial charge on any atom is -0.147 e. The van der Waals surface area contributed by atoms with E-state index in [9.17, 15) is 0 Å². The summed E-state index contributed by atoms with van der Waals surface area (Å²) in [6.45, 7) is 8.52. The minimum Gasteiger partial charge on any atom is -0.147 e. The molecule has 152 valence electrons. The van der Waals surface area contributed by atoms with Crippen LogP contribution in [-0.2, 0) is 22.9 Å². The molecule has 2 aromatic rings. The molecule has 0 aliphatic heterocycles. The fourth-order valence-corrected chi connectivity index (χ4v) is 5.36. The topological polar surface area (TPSA) is 12.5 Å². The first-order valence-electron chi connectivity index (χ1n) is 9.28. The average molecular weight is 456 g/mol. The molecule has 2 aromatic carbocycles. The van der Waals surface area contributed by atoms with Crippen LogP contribution in [-0.4, -0.2) is 32.1 Å². The van der Waals surface area contributed by atoms with E-state index in [2.05, 4.69) is 88.3 Å². The van der Waals surface area contributed by atoms with E-state index in [1.54, 1.807) is 0 Å². The molecule has 0 saturated heterocycles. The second kappa shape index (κ2) is 11.0. The third-order valence-corrected chi connectivity index (χ3v) is 6.06. The predicted octanol–water partition coefficient (Wildman–Crippen LogP) is 5.64. The van der Waals surface area contributed by atoms with Gasteiger partial charge < -0.3 is 0 Å². The normalized spacial score (nSPS) is 13.6. The van der Waals surface area contributed by atoms with Crippen LogP contribution < -0.4 is 3.87 Å². The number of nitrogens with zero attached hydrogens (tertiary/aromatic N) is 1. The third-order valence-electron chi connectivity index (χ3n) is 4.45. The van der Waals surface area contributed by atoms with Gasteiger partial charge in [0, 0.05) is 0 Å². The van der Waals surface area contributed by atoms with Gasteiger partial charge in [0.25, 0.3) is 0 Å². The van der Waals surface area contributed by atoms with Crippen LogP contribution in [0.15, 0.2) is 54.1 Å². The molecular formula is C23H31Cl2NOTi. The van der Waals surface area contributed by atoms with Gasteiger partial charge in [0.2, 0.25) is 0 Å². The van der Waals surface area contributed by atoms with Crippen molar-refractivity contribution in [2.45, 2.75) is 27.2 Å². The summed E-state index contributed by atoms with van der Waals surface area (Å²) in [5.41, 5.74) is 4.52. The first kappa shape index (κ1) is 25.4. The maximum atomic E-state index is 6.28. The van der Waals surface area contributed by atoms with Gasteiger partial charge in [0.1, 0.15) is 0 Å². The molecule has 0 N–H and O–H groups in total. The molecule has 0 unspecified atom stereocenters. The van der Waals surface area contributed by atoms with Gasteiger partial charge in [-0.25, -0.2) is 0 Å². The van der Waals surface area contributed by atoms with Crippen molar-refractivity contribution in [3.63, 3.8) is 0 Å². The maximum absolute atomic E-state index is 6.28. The van der Waals surface area contributed by atoms with Crippen LogP contribution >= 0.6 is 24.8 Å². The zero-order chi connectivity index (χ0) is 18.7. The zero-order valence-electron chi connectivity index (χ0n) is 17.4. The summed E-state index contributed by atoms with van der Waals surface area (Å²) >= 11 is -0.655. The van der Waals surface area contributed by atoms with Crippen LogP contribution in [0.5, 0.6) is 0 Å². The second-order valence-corrected chi connectivity index (χ2v) is 10.1. The second-order valence-electron chi connectivity index (χ2n) is 8.51. The Hall–Kier alpha value is -0.606. The molecule has 0 amide bonds. The van der Waals surface area contributed by atoms with Gasteiger partial charge in [-0.2, -0.15) is 0 Å². The van der Waals surface area contributed by atoms with Gasteiger partial charge in [-0.05, 0) is 0 Å². The summed E-state index contributed by atoms with van der Waals surface area (Å²) in [5.74, 6) is 0. The molecular weight excluding hydrogens is 425 g/mol. The van der Waals surface area contributed by atoms with Gasteiger partial charge in [0.05, 0.1) is 0 Å². The summed E-state index contributed by atoms with van der Waals surface area (Å²) in [5, 5.41) is 2.68. The molecule has 5 heteroatoms. The van der Waals surface area contributed by atoms with Crippen LogP contribution in [0.25, 0.3) is 16.3 Å². The zero-order valence-corrected chi connectivity index (χ0v) is 20.6. The van der Waals surface area contributed by atoms with Crippen molar-refractivity contribution in [1.29, 1.82) is 0 Å². The first-order chi connectivity index (χ1) is 12.3. The smallest absolute Gasteiger partial charge is 0.147 e. The van der Waals surface area contributed by atoms with Crippen LogP contribution in [0.1, 0.15) is 32.8 Å². The summed E-state index contributed by atoms with van der Waals surface area (Å²) in [6.07, 6.45) is 5.62. The van der Waals surface area contributed by atoms with Gasteiger partial charge in [0.15, 0.2) is 0 Å². The van der Waals surface area contributed by atoms with Crippen molar-refractivity contribution in [3.05, 3.63) is 59.7 Å². The third kappa shape index (κ3) is 6.45. The number of likely N-dealkylation sites (N-methyl/N-ethyl adjacent to an activating group) is 1. The van der Waals surface area contributed by atoms with Crippen LogP contribution in [0.4, 0.5) is 0 Å². The molecule has 0 fully saturated rings. The van der Waals surface area contributed by atoms with Gasteiger partial charge in [-0.15, -0.1) is 24.8 Å². The van der Waals surface area contributed by atoms with E-state index < -0.39 is 19.5 Å². The van der Waals surface area contributed by atoms with E-state index in [4.69, 9.17) is 3.32 Å². The fourth-order valence-electron chi connectivity index (χ4n) is 3.28. The van der Waals surface area contributed by atoms with Gasteiger partial charge >= 0.3 is 168 Å². The molecule has 0 saturated carbocycles. The molecule has 0 aromatic heterocycles. The fraction of sp³-hybridized carbons (Fsp3) is 0.391. The Labute approximate surface area is 191 Å². The van der Waals surface area contributed by atoms with Crippen molar-refractivity contribution in [2.24, 2.45) is 5.41 Å².